The molecule has 0 unspecified atom stereocenters. The van der Waals surface area contributed by atoms with Crippen LogP contribution in [0.3, 0.4) is 0 Å². The van der Waals surface area contributed by atoms with Crippen LogP contribution in [0.4, 0.5) is 16.2 Å². The fourth-order valence-electron chi connectivity index (χ4n) is 2.98. The van der Waals surface area contributed by atoms with Gasteiger partial charge < -0.3 is 24.3 Å². The Balaban J connectivity index is 1.58. The zero-order valence-corrected chi connectivity index (χ0v) is 19.3. The third-order valence-corrected chi connectivity index (χ3v) is 4.71. The van der Waals surface area contributed by atoms with Crippen molar-refractivity contribution >= 4 is 34.8 Å². The molecule has 0 fully saturated rings. The van der Waals surface area contributed by atoms with Crippen molar-refractivity contribution in [3.63, 3.8) is 0 Å². The summed E-state index contributed by atoms with van der Waals surface area (Å²) in [5.41, 5.74) is 1.84. The number of hydrogen-bond donors (Lipinski definition) is 3. The number of Topliss-reactive ketones (excluding diaryl/α,β-unsaturated/α-hetero) is 1. The summed E-state index contributed by atoms with van der Waals surface area (Å²) in [6.45, 7) is 5.85. The average molecular weight is 469 g/mol. The molecule has 2 aromatic heterocycles. The first kappa shape index (κ1) is 24.9. The highest BCUT2D eigenvalue weighted by Crippen LogP contribution is 2.21. The molecule has 3 N–H and O–H groups in total. The van der Waals surface area contributed by atoms with E-state index in [1.54, 1.807) is 53.2 Å². The maximum atomic E-state index is 12.6. The summed E-state index contributed by atoms with van der Waals surface area (Å²) in [6, 6.07) is 9.75. The maximum absolute atomic E-state index is 12.6. The lowest BCUT2D eigenvalue weighted by atomic mass is 9.89. The molecule has 0 atom stereocenters. The third kappa shape index (κ3) is 6.63. The smallest absolute Gasteiger partial charge is 0.411 e. The molecule has 3 aromatic rings. The Bertz CT molecular complexity index is 1160. The lowest BCUT2D eigenvalue weighted by Gasteiger charge is -2.13. The Morgan fingerprint density at radius 2 is 1.65 bits per heavy atom. The highest BCUT2D eigenvalue weighted by molar-refractivity contribution is 6.04. The molecular weight excluding hydrogens is 440 g/mol. The molecule has 3 rings (SSSR count). The zero-order chi connectivity index (χ0) is 24.7. The van der Waals surface area contributed by atoms with Gasteiger partial charge in [-0.15, -0.1) is 0 Å². The number of pyridine rings is 1. The summed E-state index contributed by atoms with van der Waals surface area (Å²) in [6.07, 6.45) is 2.69. The predicted octanol–water partition coefficient (Wildman–Crippen LogP) is 3.37. The van der Waals surface area contributed by atoms with Gasteiger partial charge in [-0.3, -0.25) is 14.9 Å². The first-order valence-electron chi connectivity index (χ1n) is 10.7. The van der Waals surface area contributed by atoms with Crippen LogP contribution in [0.1, 0.15) is 41.6 Å². The van der Waals surface area contributed by atoms with Crippen LogP contribution in [0, 0.1) is 5.41 Å². The number of benzene rings is 1. The second kappa shape index (κ2) is 10.9. The molecule has 2 heterocycles. The molecule has 0 radical (unpaired) electrons. The minimum atomic E-state index is -0.650. The molecule has 0 saturated carbocycles. The average Bonchev–Trinajstić information content (AvgIpc) is 3.21. The SMILES string of the molecule is CC(C)(C)C(=O)c1cn2cc(NC(=O)c3ccc(NC(=O)OCCOCCO)cc3)ccc2n1. The summed E-state index contributed by atoms with van der Waals surface area (Å²) >= 11 is 0. The van der Waals surface area contributed by atoms with Crippen molar-refractivity contribution in [3.8, 4) is 0 Å². The standard InChI is InChI=1S/C24H28N4O6/c1-24(2,3)21(30)19-15-28-14-18(8-9-20(28)27-19)25-22(31)16-4-6-17(7-5-16)26-23(32)34-13-12-33-11-10-29/h4-9,14-15,29H,10-13H2,1-3H3,(H,25,31)(H,26,32). The number of rotatable bonds is 9. The third-order valence-electron chi connectivity index (χ3n) is 4.71. The van der Waals surface area contributed by atoms with Crippen molar-refractivity contribution in [2.45, 2.75) is 20.8 Å². The number of ketones is 1. The molecule has 0 bridgehead atoms. The van der Waals surface area contributed by atoms with Gasteiger partial charge in [0.15, 0.2) is 5.78 Å². The fourth-order valence-corrected chi connectivity index (χ4v) is 2.98. The summed E-state index contributed by atoms with van der Waals surface area (Å²) in [4.78, 5) is 41.2. The molecule has 0 aliphatic carbocycles. The molecule has 0 spiro atoms. The van der Waals surface area contributed by atoms with Gasteiger partial charge in [-0.25, -0.2) is 9.78 Å². The number of nitrogens with one attached hydrogen (secondary N) is 2. The van der Waals surface area contributed by atoms with Gasteiger partial charge in [-0.1, -0.05) is 20.8 Å². The number of fused-ring (bicyclic) bond motifs is 1. The van der Waals surface area contributed by atoms with Gasteiger partial charge in [-0.05, 0) is 36.4 Å². The van der Waals surface area contributed by atoms with Gasteiger partial charge in [0, 0.05) is 29.1 Å². The van der Waals surface area contributed by atoms with E-state index in [1.807, 2.05) is 20.8 Å². The second-order valence-electron chi connectivity index (χ2n) is 8.52. The number of anilines is 2. The predicted molar refractivity (Wildman–Crippen MR) is 126 cm³/mol. The van der Waals surface area contributed by atoms with Gasteiger partial charge in [0.2, 0.25) is 0 Å². The Morgan fingerprint density at radius 3 is 2.32 bits per heavy atom. The number of ether oxygens (including phenoxy) is 2. The van der Waals surface area contributed by atoms with Crippen LogP contribution < -0.4 is 10.6 Å². The lowest BCUT2D eigenvalue weighted by Crippen LogP contribution is -2.20. The van der Waals surface area contributed by atoms with E-state index in [9.17, 15) is 14.4 Å². The topological polar surface area (TPSA) is 131 Å². The van der Waals surface area contributed by atoms with E-state index < -0.39 is 11.5 Å². The van der Waals surface area contributed by atoms with Crippen LogP contribution in [0.5, 0.6) is 0 Å². The Kier molecular flexibility index (Phi) is 7.98. The van der Waals surface area contributed by atoms with Gasteiger partial charge in [0.1, 0.15) is 17.9 Å². The van der Waals surface area contributed by atoms with Crippen molar-refractivity contribution in [1.82, 2.24) is 9.38 Å². The van der Waals surface area contributed by atoms with Gasteiger partial charge in [0.05, 0.1) is 25.5 Å². The molecule has 34 heavy (non-hydrogen) atoms. The molecular formula is C24H28N4O6. The first-order valence-corrected chi connectivity index (χ1v) is 10.7. The van der Waals surface area contributed by atoms with E-state index in [-0.39, 0.29) is 38.1 Å². The second-order valence-corrected chi connectivity index (χ2v) is 8.52. The number of carbonyl (C=O) groups is 3. The minimum Gasteiger partial charge on any atom is -0.447 e. The van der Waals surface area contributed by atoms with E-state index in [0.717, 1.165) is 0 Å². The first-order chi connectivity index (χ1) is 16.2. The van der Waals surface area contributed by atoms with Crippen molar-refractivity contribution in [1.29, 1.82) is 0 Å². The van der Waals surface area contributed by atoms with E-state index in [4.69, 9.17) is 14.6 Å². The molecule has 180 valence electrons. The van der Waals surface area contributed by atoms with Crippen LogP contribution in [-0.2, 0) is 9.47 Å². The molecule has 0 aliphatic rings. The summed E-state index contributed by atoms with van der Waals surface area (Å²) in [7, 11) is 0. The van der Waals surface area contributed by atoms with E-state index in [2.05, 4.69) is 15.6 Å². The zero-order valence-electron chi connectivity index (χ0n) is 19.3. The van der Waals surface area contributed by atoms with E-state index in [0.29, 0.717) is 28.3 Å². The Morgan fingerprint density at radius 1 is 0.941 bits per heavy atom. The van der Waals surface area contributed by atoms with E-state index in [1.165, 1.54) is 0 Å². The minimum absolute atomic E-state index is 0.0550. The number of nitrogens with zero attached hydrogens (tertiary/aromatic N) is 2. The quantitative estimate of drug-likeness (QED) is 0.324. The van der Waals surface area contributed by atoms with Gasteiger partial charge in [-0.2, -0.15) is 0 Å². The van der Waals surface area contributed by atoms with Gasteiger partial charge >= 0.3 is 6.09 Å². The van der Waals surface area contributed by atoms with Gasteiger partial charge in [0.25, 0.3) is 5.91 Å². The van der Waals surface area contributed by atoms with E-state index >= 15 is 0 Å². The van der Waals surface area contributed by atoms with Crippen LogP contribution >= 0.6 is 0 Å². The summed E-state index contributed by atoms with van der Waals surface area (Å²) < 4.78 is 11.7. The number of carbonyl (C=O) groups excluding carboxylic acids is 3. The van der Waals surface area contributed by atoms with Crippen molar-refractivity contribution in [2.24, 2.45) is 5.41 Å². The summed E-state index contributed by atoms with van der Waals surface area (Å²) in [5, 5.41) is 14.0. The maximum Gasteiger partial charge on any atom is 0.411 e. The largest absolute Gasteiger partial charge is 0.447 e. The fraction of sp³-hybridized carbons (Fsp3) is 0.333. The Labute approximate surface area is 196 Å². The number of aliphatic hydroxyl groups excluding tert-OH is 1. The number of hydrogen-bond acceptors (Lipinski definition) is 7. The Hall–Kier alpha value is -3.76. The van der Waals surface area contributed by atoms with Crippen molar-refractivity contribution in [2.75, 3.05) is 37.1 Å². The highest BCUT2D eigenvalue weighted by atomic mass is 16.6. The highest BCUT2D eigenvalue weighted by Gasteiger charge is 2.25. The number of amides is 2. The number of aromatic nitrogens is 2. The molecule has 0 aliphatic heterocycles. The number of aliphatic hydroxyl groups is 1. The molecule has 0 saturated heterocycles. The molecule has 10 heteroatoms. The van der Waals surface area contributed by atoms with Crippen molar-refractivity contribution in [3.05, 3.63) is 60.0 Å². The molecule has 1 aromatic carbocycles. The number of imidazole rings is 1. The van der Waals surface area contributed by atoms with Crippen molar-refractivity contribution < 1.29 is 29.0 Å². The lowest BCUT2D eigenvalue weighted by molar-refractivity contribution is 0.0572. The normalized spacial score (nSPS) is 11.3. The molecule has 2 amide bonds. The molecule has 10 nitrogen and oxygen atoms in total. The summed E-state index contributed by atoms with van der Waals surface area (Å²) in [5.74, 6) is -0.394. The van der Waals surface area contributed by atoms with Crippen LogP contribution in [0.2, 0.25) is 0 Å². The van der Waals surface area contributed by atoms with Crippen LogP contribution in [-0.4, -0.2) is 58.7 Å². The van der Waals surface area contributed by atoms with Crippen LogP contribution in [0.25, 0.3) is 5.65 Å². The van der Waals surface area contributed by atoms with Crippen LogP contribution in [0.15, 0.2) is 48.8 Å². The monoisotopic (exact) mass is 468 g/mol.